The molecule has 1 aliphatic rings. The van der Waals surface area contributed by atoms with Crippen LogP contribution < -0.4 is 14.9 Å². The number of aromatic nitrogens is 3. The van der Waals surface area contributed by atoms with Gasteiger partial charge in [-0.2, -0.15) is 13.2 Å². The van der Waals surface area contributed by atoms with Crippen LogP contribution in [0.3, 0.4) is 0 Å². The van der Waals surface area contributed by atoms with Crippen molar-refractivity contribution in [1.82, 2.24) is 24.8 Å². The number of carbonyl (C=O) groups excluding carboxylic acids is 1. The number of rotatable bonds is 12. The van der Waals surface area contributed by atoms with Gasteiger partial charge in [0.2, 0.25) is 0 Å². The van der Waals surface area contributed by atoms with Gasteiger partial charge in [-0.05, 0) is 59.7 Å². The molecule has 1 saturated heterocycles. The monoisotopic (exact) mass is 749 g/mol. The van der Waals surface area contributed by atoms with Gasteiger partial charge in [-0.25, -0.2) is 13.1 Å². The first-order valence-electron chi connectivity index (χ1n) is 16.2. The second kappa shape index (κ2) is 16.0. The summed E-state index contributed by atoms with van der Waals surface area (Å²) in [5.74, 6) is -0.0677. The van der Waals surface area contributed by atoms with Gasteiger partial charge >= 0.3 is 6.18 Å². The van der Waals surface area contributed by atoms with Gasteiger partial charge in [0.1, 0.15) is 5.75 Å². The van der Waals surface area contributed by atoms with E-state index in [9.17, 15) is 31.5 Å². The summed E-state index contributed by atoms with van der Waals surface area (Å²) in [5.41, 5.74) is 1.13. The van der Waals surface area contributed by atoms with E-state index in [1.54, 1.807) is 23.1 Å². The summed E-state index contributed by atoms with van der Waals surface area (Å²) < 4.78 is 69.7. The Morgan fingerprint density at radius 1 is 0.885 bits per heavy atom. The summed E-state index contributed by atoms with van der Waals surface area (Å²) >= 11 is 1.46. The Morgan fingerprint density at radius 3 is 2.35 bits per heavy atom. The number of hydrogen-bond acceptors (Lipinski definition) is 11. The van der Waals surface area contributed by atoms with Crippen LogP contribution in [0.4, 0.5) is 24.7 Å². The third kappa shape index (κ3) is 9.18. The average Bonchev–Trinajstić information content (AvgIpc) is 3.14. The maximum absolute atomic E-state index is 14.0. The van der Waals surface area contributed by atoms with Crippen LogP contribution in [0.15, 0.2) is 113 Å². The molecule has 6 rings (SSSR count). The Morgan fingerprint density at radius 2 is 1.63 bits per heavy atom. The van der Waals surface area contributed by atoms with Crippen LogP contribution in [0.5, 0.6) is 5.75 Å². The molecule has 11 nitrogen and oxygen atoms in total. The standard InChI is InChI=1S/C36H34F3N7O4S2/c37-36(38,39)31-21-29(10-11-32(31)41-14-19-51-28-7-2-1-3-8-28)52(49,50)44-35(48)33-12-13-34(43-42-33)46-17-15-45(16-18-46)24-25-6-4-5-9-30(25)26-20-27(47)23-40-22-26/h1-13,20-23,41,47H,14-19,24H2,(H,44,48). The van der Waals surface area contributed by atoms with E-state index in [1.807, 2.05) is 59.5 Å². The number of halogens is 3. The molecule has 0 unspecified atom stereocenters. The number of anilines is 2. The number of thioether (sulfide) groups is 1. The first-order chi connectivity index (χ1) is 25.0. The minimum atomic E-state index is -4.85. The van der Waals surface area contributed by atoms with E-state index in [-0.39, 0.29) is 23.7 Å². The molecule has 1 aliphatic heterocycles. The van der Waals surface area contributed by atoms with Gasteiger partial charge in [0.15, 0.2) is 11.5 Å². The largest absolute Gasteiger partial charge is 0.506 e. The quantitative estimate of drug-likeness (QED) is 0.104. The van der Waals surface area contributed by atoms with Gasteiger partial charge in [0.05, 0.1) is 16.7 Å². The lowest BCUT2D eigenvalue weighted by molar-refractivity contribution is -0.137. The predicted octanol–water partition coefficient (Wildman–Crippen LogP) is 5.91. The molecule has 0 saturated carbocycles. The molecule has 1 fully saturated rings. The van der Waals surface area contributed by atoms with E-state index in [0.717, 1.165) is 33.7 Å². The molecule has 5 aromatic rings. The van der Waals surface area contributed by atoms with Crippen molar-refractivity contribution in [1.29, 1.82) is 0 Å². The molecule has 3 aromatic carbocycles. The van der Waals surface area contributed by atoms with Crippen molar-refractivity contribution in [3.63, 3.8) is 0 Å². The molecule has 0 radical (unpaired) electrons. The maximum Gasteiger partial charge on any atom is 0.418 e. The fourth-order valence-electron chi connectivity index (χ4n) is 5.69. The Bertz CT molecular complexity index is 2120. The second-order valence-corrected chi connectivity index (χ2v) is 14.7. The van der Waals surface area contributed by atoms with Crippen LogP contribution in [0.2, 0.25) is 0 Å². The highest BCUT2D eigenvalue weighted by molar-refractivity contribution is 7.99. The number of piperazine rings is 1. The van der Waals surface area contributed by atoms with Crippen molar-refractivity contribution in [3.05, 3.63) is 120 Å². The first-order valence-corrected chi connectivity index (χ1v) is 18.7. The number of pyridine rings is 1. The highest BCUT2D eigenvalue weighted by Gasteiger charge is 2.35. The molecular formula is C36H34F3N7O4S2. The van der Waals surface area contributed by atoms with Crippen LogP contribution in [0, 0.1) is 0 Å². The summed E-state index contributed by atoms with van der Waals surface area (Å²) in [7, 11) is -4.69. The molecule has 3 heterocycles. The normalized spacial score (nSPS) is 13.9. The number of benzene rings is 3. The molecule has 0 aliphatic carbocycles. The minimum absolute atomic E-state index is 0.0925. The van der Waals surface area contributed by atoms with Crippen LogP contribution in [0.1, 0.15) is 21.6 Å². The number of nitrogens with zero attached hydrogens (tertiary/aromatic N) is 5. The Kier molecular flexibility index (Phi) is 11.3. The number of sulfonamides is 1. The Labute approximate surface area is 303 Å². The number of nitrogens with one attached hydrogen (secondary N) is 2. The number of aromatic hydroxyl groups is 1. The van der Waals surface area contributed by atoms with Crippen molar-refractivity contribution in [2.45, 2.75) is 22.5 Å². The van der Waals surface area contributed by atoms with E-state index in [4.69, 9.17) is 0 Å². The van der Waals surface area contributed by atoms with E-state index < -0.39 is 32.6 Å². The van der Waals surface area contributed by atoms with Crippen molar-refractivity contribution < 1.29 is 31.5 Å². The summed E-state index contributed by atoms with van der Waals surface area (Å²) in [4.78, 5) is 21.5. The lowest BCUT2D eigenvalue weighted by Crippen LogP contribution is -2.46. The third-order valence-corrected chi connectivity index (χ3v) is 10.6. The molecule has 3 N–H and O–H groups in total. The van der Waals surface area contributed by atoms with Crippen LogP contribution in [-0.4, -0.2) is 78.0 Å². The summed E-state index contributed by atoms with van der Waals surface area (Å²) in [6, 6.07) is 24.4. The van der Waals surface area contributed by atoms with Gasteiger partial charge in [-0.1, -0.05) is 42.5 Å². The molecule has 0 atom stereocenters. The number of amides is 1. The van der Waals surface area contributed by atoms with Crippen LogP contribution in [-0.2, 0) is 22.7 Å². The Hall–Kier alpha value is -5.19. The van der Waals surface area contributed by atoms with Gasteiger partial charge in [0.25, 0.3) is 15.9 Å². The molecular weight excluding hydrogens is 716 g/mol. The van der Waals surface area contributed by atoms with Crippen LogP contribution in [0.25, 0.3) is 11.1 Å². The predicted molar refractivity (Wildman–Crippen MR) is 193 cm³/mol. The number of hydrogen-bond donors (Lipinski definition) is 3. The number of alkyl halides is 3. The van der Waals surface area contributed by atoms with E-state index in [2.05, 4.69) is 25.4 Å². The zero-order valence-corrected chi connectivity index (χ0v) is 29.3. The molecule has 2 aromatic heterocycles. The summed E-state index contributed by atoms with van der Waals surface area (Å²) in [6.45, 7) is 3.51. The third-order valence-electron chi connectivity index (χ3n) is 8.29. The van der Waals surface area contributed by atoms with E-state index in [1.165, 1.54) is 24.0 Å². The molecule has 0 spiro atoms. The van der Waals surface area contributed by atoms with Crippen molar-refractivity contribution >= 4 is 39.2 Å². The molecule has 1 amide bonds. The highest BCUT2D eigenvalue weighted by Crippen LogP contribution is 2.36. The summed E-state index contributed by atoms with van der Waals surface area (Å²) in [5, 5.41) is 20.6. The zero-order chi connectivity index (χ0) is 36.7. The SMILES string of the molecule is O=C(NS(=O)(=O)c1ccc(NCCSc2ccccc2)c(C(F)(F)F)c1)c1ccc(N2CCN(Cc3ccccc3-c3cncc(O)c3)CC2)nn1. The first kappa shape index (κ1) is 36.6. The highest BCUT2D eigenvalue weighted by atomic mass is 32.2. The molecule has 52 heavy (non-hydrogen) atoms. The number of carbonyl (C=O) groups is 1. The lowest BCUT2D eigenvalue weighted by atomic mass is 10.0. The fourth-order valence-corrected chi connectivity index (χ4v) is 7.47. The van der Waals surface area contributed by atoms with E-state index >= 15 is 0 Å². The average molecular weight is 750 g/mol. The lowest BCUT2D eigenvalue weighted by Gasteiger charge is -2.35. The van der Waals surface area contributed by atoms with Crippen LogP contribution >= 0.6 is 11.8 Å². The molecule has 0 bridgehead atoms. The smallest absolute Gasteiger partial charge is 0.418 e. The summed E-state index contributed by atoms with van der Waals surface area (Å²) in [6.07, 6.45) is -1.76. The van der Waals surface area contributed by atoms with Gasteiger partial charge in [-0.15, -0.1) is 22.0 Å². The van der Waals surface area contributed by atoms with Crippen molar-refractivity contribution in [3.8, 4) is 16.9 Å². The molecule has 16 heteroatoms. The van der Waals surface area contributed by atoms with Gasteiger partial charge < -0.3 is 15.3 Å². The topological polar surface area (TPSA) is 141 Å². The molecule has 270 valence electrons. The van der Waals surface area contributed by atoms with Crippen molar-refractivity contribution in [2.24, 2.45) is 0 Å². The zero-order valence-electron chi connectivity index (χ0n) is 27.6. The fraction of sp³-hybridized carbons (Fsp3) is 0.222. The van der Waals surface area contributed by atoms with Gasteiger partial charge in [0, 0.05) is 67.4 Å². The van der Waals surface area contributed by atoms with Crippen molar-refractivity contribution in [2.75, 3.05) is 48.7 Å². The van der Waals surface area contributed by atoms with Gasteiger partial charge in [-0.3, -0.25) is 14.7 Å². The Balaban J connectivity index is 1.04. The maximum atomic E-state index is 14.0. The van der Waals surface area contributed by atoms with E-state index in [0.29, 0.717) is 50.4 Å². The second-order valence-electron chi connectivity index (χ2n) is 11.9. The minimum Gasteiger partial charge on any atom is -0.506 e.